The van der Waals surface area contributed by atoms with Gasteiger partial charge >= 0.3 is 6.09 Å². The summed E-state index contributed by atoms with van der Waals surface area (Å²) in [6.45, 7) is 7.40. The number of carbonyl (C=O) groups excluding carboxylic acids is 1. The molecule has 4 N–H and O–H groups in total. The van der Waals surface area contributed by atoms with E-state index in [1.54, 1.807) is 9.80 Å². The molecule has 1 saturated heterocycles. The molecule has 0 spiro atoms. The number of hydrogen-bond acceptors (Lipinski definition) is 5. The van der Waals surface area contributed by atoms with E-state index in [1.165, 1.54) is 6.07 Å². The van der Waals surface area contributed by atoms with E-state index < -0.39 is 11.4 Å². The van der Waals surface area contributed by atoms with Gasteiger partial charge in [-0.1, -0.05) is 11.6 Å². The smallest absolute Gasteiger partial charge is 0.410 e. The van der Waals surface area contributed by atoms with Crippen molar-refractivity contribution in [3.8, 4) is 0 Å². The molecule has 1 amide bonds. The highest BCUT2D eigenvalue weighted by Crippen LogP contribution is 2.36. The normalized spacial score (nSPS) is 16.0. The Morgan fingerprint density at radius 3 is 2.50 bits per heavy atom. The molecule has 0 radical (unpaired) electrons. The zero-order valence-corrected chi connectivity index (χ0v) is 15.0. The third kappa shape index (κ3) is 4.14. The summed E-state index contributed by atoms with van der Waals surface area (Å²) in [6.07, 6.45) is 0.299. The lowest BCUT2D eigenvalue weighted by Gasteiger charge is -2.27. The minimum Gasteiger partial charge on any atom is -0.444 e. The van der Waals surface area contributed by atoms with Gasteiger partial charge in [0.15, 0.2) is 5.82 Å². The molecular formula is C16H24ClFN4O2. The minimum atomic E-state index is -0.625. The maximum atomic E-state index is 14.5. The molecule has 0 saturated carbocycles. The van der Waals surface area contributed by atoms with Crippen molar-refractivity contribution >= 4 is 34.8 Å². The molecular weight excluding hydrogens is 335 g/mol. The van der Waals surface area contributed by atoms with Crippen molar-refractivity contribution in [2.24, 2.45) is 0 Å². The largest absolute Gasteiger partial charge is 0.444 e. The topological polar surface area (TPSA) is 84.8 Å². The molecule has 0 atom stereocenters. The predicted octanol–water partition coefficient (Wildman–Crippen LogP) is 3.09. The molecule has 1 aromatic rings. The van der Waals surface area contributed by atoms with Crippen LogP contribution >= 0.6 is 11.6 Å². The van der Waals surface area contributed by atoms with E-state index in [0.29, 0.717) is 32.6 Å². The molecule has 1 heterocycles. The molecule has 1 aliphatic heterocycles. The van der Waals surface area contributed by atoms with Gasteiger partial charge in [-0.2, -0.15) is 0 Å². The Hall–Kier alpha value is -1.89. The van der Waals surface area contributed by atoms with E-state index in [-0.39, 0.29) is 28.2 Å². The van der Waals surface area contributed by atoms with E-state index in [0.717, 1.165) is 0 Å². The molecule has 6 nitrogen and oxygen atoms in total. The van der Waals surface area contributed by atoms with Gasteiger partial charge in [-0.3, -0.25) is 0 Å². The second-order valence-electron chi connectivity index (χ2n) is 6.84. The summed E-state index contributed by atoms with van der Waals surface area (Å²) in [7, 11) is 0. The van der Waals surface area contributed by atoms with Crippen LogP contribution in [-0.2, 0) is 4.74 Å². The number of nitrogens with two attached hydrogens (primary N) is 2. The maximum Gasteiger partial charge on any atom is 0.410 e. The fourth-order valence-electron chi connectivity index (χ4n) is 2.63. The molecule has 24 heavy (non-hydrogen) atoms. The molecule has 0 bridgehead atoms. The van der Waals surface area contributed by atoms with Crippen LogP contribution in [0.5, 0.6) is 0 Å². The third-order valence-corrected chi connectivity index (χ3v) is 4.09. The number of nitrogen functional groups attached to an aromatic ring is 2. The lowest BCUT2D eigenvalue weighted by atomic mass is 10.2. The fraction of sp³-hybridized carbons (Fsp3) is 0.562. The molecule has 1 aliphatic rings. The van der Waals surface area contributed by atoms with Crippen LogP contribution in [0.15, 0.2) is 6.07 Å². The van der Waals surface area contributed by atoms with Crippen molar-refractivity contribution in [1.82, 2.24) is 4.90 Å². The van der Waals surface area contributed by atoms with Gasteiger partial charge in [0.05, 0.1) is 17.1 Å². The Kier molecular flexibility index (Phi) is 5.32. The van der Waals surface area contributed by atoms with E-state index >= 15 is 0 Å². The lowest BCUT2D eigenvalue weighted by Crippen LogP contribution is -2.39. The van der Waals surface area contributed by atoms with E-state index in [4.69, 9.17) is 27.8 Å². The monoisotopic (exact) mass is 358 g/mol. The number of carbonyl (C=O) groups is 1. The van der Waals surface area contributed by atoms with E-state index in [2.05, 4.69) is 0 Å². The van der Waals surface area contributed by atoms with Crippen LogP contribution in [0.25, 0.3) is 0 Å². The standard InChI is InChI=1S/C16H24ClFN4O2/c1-16(2,3)24-15(23)22-6-4-5-21(7-8-22)14-11(20)9-10(19)12(17)13(14)18/h9H,4-8,19-20H2,1-3H3. The quantitative estimate of drug-likeness (QED) is 0.753. The maximum absolute atomic E-state index is 14.5. The fourth-order valence-corrected chi connectivity index (χ4v) is 2.77. The number of anilines is 3. The Bertz CT molecular complexity index is 633. The van der Waals surface area contributed by atoms with Crippen LogP contribution in [0.4, 0.5) is 26.2 Å². The Labute approximate surface area is 146 Å². The minimum absolute atomic E-state index is 0.112. The van der Waals surface area contributed by atoms with Crippen LogP contribution in [0.2, 0.25) is 5.02 Å². The van der Waals surface area contributed by atoms with E-state index in [9.17, 15) is 9.18 Å². The van der Waals surface area contributed by atoms with Crippen LogP contribution in [0, 0.1) is 5.82 Å². The van der Waals surface area contributed by atoms with Gasteiger partial charge in [-0.15, -0.1) is 0 Å². The van der Waals surface area contributed by atoms with Gasteiger partial charge in [0, 0.05) is 26.2 Å². The average molecular weight is 359 g/mol. The van der Waals surface area contributed by atoms with Crippen molar-refractivity contribution in [2.75, 3.05) is 42.5 Å². The first-order valence-electron chi connectivity index (χ1n) is 7.86. The molecule has 134 valence electrons. The van der Waals surface area contributed by atoms with Crippen molar-refractivity contribution in [3.05, 3.63) is 16.9 Å². The number of hydrogen-bond donors (Lipinski definition) is 2. The summed E-state index contributed by atoms with van der Waals surface area (Å²) in [6, 6.07) is 1.46. The summed E-state index contributed by atoms with van der Waals surface area (Å²) >= 11 is 5.90. The molecule has 0 aliphatic carbocycles. The van der Waals surface area contributed by atoms with Crippen LogP contribution < -0.4 is 16.4 Å². The van der Waals surface area contributed by atoms with Crippen LogP contribution in [-0.4, -0.2) is 42.8 Å². The summed E-state index contributed by atoms with van der Waals surface area (Å²) < 4.78 is 19.9. The summed E-state index contributed by atoms with van der Waals surface area (Å²) in [4.78, 5) is 15.6. The second kappa shape index (κ2) is 6.93. The van der Waals surface area contributed by atoms with Gasteiger partial charge in [0.25, 0.3) is 0 Å². The number of benzene rings is 1. The van der Waals surface area contributed by atoms with Crippen LogP contribution in [0.3, 0.4) is 0 Å². The van der Waals surface area contributed by atoms with Gasteiger partial charge in [-0.25, -0.2) is 9.18 Å². The summed E-state index contributed by atoms with van der Waals surface area (Å²) in [5.41, 5.74) is 11.6. The first-order valence-corrected chi connectivity index (χ1v) is 8.24. The molecule has 8 heteroatoms. The average Bonchev–Trinajstić information content (AvgIpc) is 2.69. The zero-order valence-electron chi connectivity index (χ0n) is 14.2. The highest BCUT2D eigenvalue weighted by Gasteiger charge is 2.27. The van der Waals surface area contributed by atoms with Gasteiger partial charge in [0.2, 0.25) is 0 Å². The van der Waals surface area contributed by atoms with E-state index in [1.807, 2.05) is 20.8 Å². The SMILES string of the molecule is CC(C)(C)OC(=O)N1CCCN(c2c(N)cc(N)c(Cl)c2F)CC1. The summed E-state index contributed by atoms with van der Waals surface area (Å²) in [5, 5.41) is -0.132. The van der Waals surface area contributed by atoms with Gasteiger partial charge in [0.1, 0.15) is 10.6 Å². The predicted molar refractivity (Wildman–Crippen MR) is 94.9 cm³/mol. The van der Waals surface area contributed by atoms with Crippen molar-refractivity contribution in [3.63, 3.8) is 0 Å². The molecule has 0 unspecified atom stereocenters. The van der Waals surface area contributed by atoms with Crippen LogP contribution in [0.1, 0.15) is 27.2 Å². The van der Waals surface area contributed by atoms with Crippen molar-refractivity contribution in [2.45, 2.75) is 32.8 Å². The molecule has 0 aromatic heterocycles. The second-order valence-corrected chi connectivity index (χ2v) is 7.22. The number of rotatable bonds is 1. The van der Waals surface area contributed by atoms with Gasteiger partial charge in [-0.05, 0) is 33.3 Å². The third-order valence-electron chi connectivity index (χ3n) is 3.70. The number of amides is 1. The number of halogens is 2. The number of nitrogens with zero attached hydrogens (tertiary/aromatic N) is 2. The summed E-state index contributed by atoms with van der Waals surface area (Å²) in [5.74, 6) is -0.625. The Morgan fingerprint density at radius 1 is 1.21 bits per heavy atom. The molecule has 1 fully saturated rings. The van der Waals surface area contributed by atoms with Gasteiger partial charge < -0.3 is 26.0 Å². The zero-order chi connectivity index (χ0) is 18.1. The highest BCUT2D eigenvalue weighted by molar-refractivity contribution is 6.33. The first kappa shape index (κ1) is 18.4. The number of ether oxygens (including phenoxy) is 1. The van der Waals surface area contributed by atoms with Crippen molar-refractivity contribution in [1.29, 1.82) is 0 Å². The molecule has 2 rings (SSSR count). The van der Waals surface area contributed by atoms with Crippen molar-refractivity contribution < 1.29 is 13.9 Å². The highest BCUT2D eigenvalue weighted by atomic mass is 35.5. The Morgan fingerprint density at radius 2 is 1.88 bits per heavy atom. The molecule has 1 aromatic carbocycles. The lowest BCUT2D eigenvalue weighted by molar-refractivity contribution is 0.0263. The Balaban J connectivity index is 2.15. The first-order chi connectivity index (χ1) is 11.1.